The summed E-state index contributed by atoms with van der Waals surface area (Å²) in [4.78, 5) is 23.7. The van der Waals surface area contributed by atoms with Gasteiger partial charge in [-0.1, -0.05) is 19.3 Å². The van der Waals surface area contributed by atoms with E-state index in [1.165, 1.54) is 0 Å². The first-order chi connectivity index (χ1) is 9.94. The minimum Gasteiger partial charge on any atom is -0.481 e. The van der Waals surface area contributed by atoms with E-state index >= 15 is 0 Å². The van der Waals surface area contributed by atoms with Gasteiger partial charge in [0.15, 0.2) is 0 Å². The first-order valence-electron chi connectivity index (χ1n) is 7.51. The molecule has 6 heteroatoms. The number of amides is 1. The molecule has 0 aromatic carbocycles. The fraction of sp³-hybridized carbons (Fsp3) is 0.667. The summed E-state index contributed by atoms with van der Waals surface area (Å²) in [6, 6.07) is 1.85. The Balaban J connectivity index is 1.99. The van der Waals surface area contributed by atoms with Crippen LogP contribution in [-0.4, -0.2) is 33.3 Å². The minimum absolute atomic E-state index is 0.176. The molecule has 0 atom stereocenters. The van der Waals surface area contributed by atoms with E-state index in [4.69, 9.17) is 0 Å². The number of rotatable bonds is 5. The van der Waals surface area contributed by atoms with E-state index in [0.29, 0.717) is 18.5 Å². The predicted molar refractivity (Wildman–Crippen MR) is 78.1 cm³/mol. The molecule has 0 unspecified atom stereocenters. The third-order valence-corrected chi connectivity index (χ3v) is 4.22. The quantitative estimate of drug-likeness (QED) is 0.872. The molecule has 0 bridgehead atoms. The molecule has 116 valence electrons. The van der Waals surface area contributed by atoms with E-state index in [1.807, 2.05) is 13.8 Å². The van der Waals surface area contributed by atoms with Gasteiger partial charge in [-0.05, 0) is 32.8 Å². The van der Waals surface area contributed by atoms with Gasteiger partial charge < -0.3 is 10.4 Å². The second-order valence-electron chi connectivity index (χ2n) is 6.10. The summed E-state index contributed by atoms with van der Waals surface area (Å²) < 4.78 is 1.71. The van der Waals surface area contributed by atoms with Crippen molar-refractivity contribution in [2.45, 2.75) is 52.0 Å². The van der Waals surface area contributed by atoms with E-state index < -0.39 is 11.4 Å². The van der Waals surface area contributed by atoms with Crippen LogP contribution in [0.15, 0.2) is 12.3 Å². The van der Waals surface area contributed by atoms with Crippen molar-refractivity contribution in [3.05, 3.63) is 18.0 Å². The zero-order valence-corrected chi connectivity index (χ0v) is 12.6. The predicted octanol–water partition coefficient (Wildman–Crippen LogP) is 2.23. The maximum absolute atomic E-state index is 12.1. The average molecular weight is 293 g/mol. The molecule has 1 heterocycles. The molecule has 2 rings (SSSR count). The topological polar surface area (TPSA) is 84.2 Å². The molecule has 0 aliphatic heterocycles. The lowest BCUT2D eigenvalue weighted by molar-refractivity contribution is -0.150. The third kappa shape index (κ3) is 3.43. The maximum atomic E-state index is 12.1. The summed E-state index contributed by atoms with van der Waals surface area (Å²) in [5, 5.41) is 16.4. The molecule has 0 saturated heterocycles. The maximum Gasteiger partial charge on any atom is 0.311 e. The van der Waals surface area contributed by atoms with E-state index in [2.05, 4.69) is 10.4 Å². The van der Waals surface area contributed by atoms with Crippen LogP contribution in [0.4, 0.5) is 0 Å². The Kier molecular flexibility index (Phi) is 4.65. The van der Waals surface area contributed by atoms with Gasteiger partial charge in [0.1, 0.15) is 5.69 Å². The standard InChI is InChI=1S/C15H23N3O3/c1-11(2)18-9-6-12(17-18)13(19)16-10-15(14(20)21)7-4-3-5-8-15/h6,9,11H,3-5,7-8,10H2,1-2H3,(H,16,19)(H,20,21). The summed E-state index contributed by atoms with van der Waals surface area (Å²) in [5.74, 6) is -1.11. The highest BCUT2D eigenvalue weighted by Crippen LogP contribution is 2.36. The smallest absolute Gasteiger partial charge is 0.311 e. The highest BCUT2D eigenvalue weighted by molar-refractivity contribution is 5.92. The third-order valence-electron chi connectivity index (χ3n) is 4.22. The van der Waals surface area contributed by atoms with Crippen molar-refractivity contribution >= 4 is 11.9 Å². The molecule has 0 spiro atoms. The summed E-state index contributed by atoms with van der Waals surface area (Å²) in [5.41, 5.74) is -0.478. The number of nitrogens with one attached hydrogen (secondary N) is 1. The second kappa shape index (κ2) is 6.28. The second-order valence-corrected chi connectivity index (χ2v) is 6.10. The number of carboxylic acid groups (broad SMARTS) is 1. The van der Waals surface area contributed by atoms with Gasteiger partial charge in [-0.2, -0.15) is 5.10 Å². The lowest BCUT2D eigenvalue weighted by Crippen LogP contribution is -2.44. The molecule has 1 saturated carbocycles. The first kappa shape index (κ1) is 15.5. The molecule has 6 nitrogen and oxygen atoms in total. The van der Waals surface area contributed by atoms with Crippen LogP contribution in [0, 0.1) is 5.41 Å². The molecule has 0 radical (unpaired) electrons. The van der Waals surface area contributed by atoms with Gasteiger partial charge in [-0.3, -0.25) is 14.3 Å². The Hall–Kier alpha value is -1.85. The van der Waals surface area contributed by atoms with Crippen LogP contribution in [-0.2, 0) is 4.79 Å². The highest BCUT2D eigenvalue weighted by atomic mass is 16.4. The molecule has 1 aliphatic carbocycles. The number of hydrogen-bond acceptors (Lipinski definition) is 3. The van der Waals surface area contributed by atoms with Crippen molar-refractivity contribution in [3.63, 3.8) is 0 Å². The molecule has 1 fully saturated rings. The van der Waals surface area contributed by atoms with E-state index in [9.17, 15) is 14.7 Å². The Morgan fingerprint density at radius 2 is 2.05 bits per heavy atom. The number of aliphatic carboxylic acids is 1. The van der Waals surface area contributed by atoms with Gasteiger partial charge in [-0.25, -0.2) is 0 Å². The van der Waals surface area contributed by atoms with Gasteiger partial charge in [0.2, 0.25) is 0 Å². The molecule has 1 aromatic heterocycles. The van der Waals surface area contributed by atoms with Crippen LogP contribution in [0.5, 0.6) is 0 Å². The van der Waals surface area contributed by atoms with E-state index in [1.54, 1.807) is 16.9 Å². The van der Waals surface area contributed by atoms with Crippen LogP contribution in [0.1, 0.15) is 62.5 Å². The average Bonchev–Trinajstić information content (AvgIpc) is 2.95. The van der Waals surface area contributed by atoms with Crippen LogP contribution in [0.3, 0.4) is 0 Å². The van der Waals surface area contributed by atoms with Gasteiger partial charge in [0, 0.05) is 18.8 Å². The van der Waals surface area contributed by atoms with Crippen molar-refractivity contribution in [1.82, 2.24) is 15.1 Å². The number of nitrogens with zero attached hydrogens (tertiary/aromatic N) is 2. The number of carbonyl (C=O) groups excluding carboxylic acids is 1. The molecular formula is C15H23N3O3. The molecule has 1 aromatic rings. The van der Waals surface area contributed by atoms with Crippen LogP contribution < -0.4 is 5.32 Å². The fourth-order valence-electron chi connectivity index (χ4n) is 2.78. The summed E-state index contributed by atoms with van der Waals surface area (Å²) >= 11 is 0. The minimum atomic E-state index is -0.811. The molecule has 1 amide bonds. The van der Waals surface area contributed by atoms with E-state index in [0.717, 1.165) is 19.3 Å². The Morgan fingerprint density at radius 1 is 1.38 bits per heavy atom. The van der Waals surface area contributed by atoms with Gasteiger partial charge in [-0.15, -0.1) is 0 Å². The first-order valence-corrected chi connectivity index (χ1v) is 7.51. The fourth-order valence-corrected chi connectivity index (χ4v) is 2.78. The van der Waals surface area contributed by atoms with Gasteiger partial charge in [0.05, 0.1) is 5.41 Å². The monoisotopic (exact) mass is 293 g/mol. The van der Waals surface area contributed by atoms with E-state index in [-0.39, 0.29) is 18.5 Å². The molecule has 2 N–H and O–H groups in total. The van der Waals surface area contributed by atoms with Crippen LogP contribution in [0.25, 0.3) is 0 Å². The summed E-state index contributed by atoms with van der Waals surface area (Å²) in [6.45, 7) is 4.14. The van der Waals surface area contributed by atoms with Crippen molar-refractivity contribution in [2.75, 3.05) is 6.54 Å². The Labute approximate surface area is 124 Å². The largest absolute Gasteiger partial charge is 0.481 e. The van der Waals surface area contributed by atoms with Gasteiger partial charge >= 0.3 is 5.97 Å². The SMILES string of the molecule is CC(C)n1ccc(C(=O)NCC2(C(=O)O)CCCCC2)n1. The lowest BCUT2D eigenvalue weighted by atomic mass is 9.74. The van der Waals surface area contributed by atoms with Crippen molar-refractivity contribution in [2.24, 2.45) is 5.41 Å². The van der Waals surface area contributed by atoms with Crippen LogP contribution in [0.2, 0.25) is 0 Å². The van der Waals surface area contributed by atoms with Crippen molar-refractivity contribution < 1.29 is 14.7 Å². The van der Waals surface area contributed by atoms with Crippen molar-refractivity contribution in [3.8, 4) is 0 Å². The summed E-state index contributed by atoms with van der Waals surface area (Å²) in [6.07, 6.45) is 5.90. The van der Waals surface area contributed by atoms with Crippen molar-refractivity contribution in [1.29, 1.82) is 0 Å². The summed E-state index contributed by atoms with van der Waals surface area (Å²) in [7, 11) is 0. The number of carbonyl (C=O) groups is 2. The van der Waals surface area contributed by atoms with Crippen LogP contribution >= 0.6 is 0 Å². The lowest BCUT2D eigenvalue weighted by Gasteiger charge is -2.33. The zero-order valence-electron chi connectivity index (χ0n) is 12.6. The Bertz CT molecular complexity index is 516. The molecular weight excluding hydrogens is 270 g/mol. The Morgan fingerprint density at radius 3 is 2.57 bits per heavy atom. The highest BCUT2D eigenvalue weighted by Gasteiger charge is 2.39. The molecule has 21 heavy (non-hydrogen) atoms. The normalized spacial score (nSPS) is 17.7. The zero-order chi connectivity index (χ0) is 15.5. The number of carboxylic acids is 1. The number of hydrogen-bond donors (Lipinski definition) is 2. The van der Waals surface area contributed by atoms with Gasteiger partial charge in [0.25, 0.3) is 5.91 Å². The number of aromatic nitrogens is 2. The molecule has 1 aliphatic rings.